The fourth-order valence-electron chi connectivity index (χ4n) is 2.56. The molecule has 3 rings (SSSR count). The third-order valence-electron chi connectivity index (χ3n) is 3.56. The Kier molecular flexibility index (Phi) is 4.26. The summed E-state index contributed by atoms with van der Waals surface area (Å²) in [7, 11) is 0. The molecule has 21 heavy (non-hydrogen) atoms. The van der Waals surface area contributed by atoms with Crippen LogP contribution in [0.5, 0.6) is 0 Å². The number of carbonyl (C=O) groups excluding carboxylic acids is 1. The van der Waals surface area contributed by atoms with E-state index in [0.717, 1.165) is 12.8 Å². The van der Waals surface area contributed by atoms with Gasteiger partial charge < -0.3 is 10.2 Å². The number of rotatable bonds is 2. The van der Waals surface area contributed by atoms with E-state index in [1.807, 2.05) is 17.5 Å². The number of amides is 2. The summed E-state index contributed by atoms with van der Waals surface area (Å²) in [6.45, 7) is 0.701. The van der Waals surface area contributed by atoms with Crippen LogP contribution in [-0.4, -0.2) is 17.5 Å². The van der Waals surface area contributed by atoms with Gasteiger partial charge in [0.15, 0.2) is 0 Å². The minimum atomic E-state index is -0.440. The maximum atomic E-state index is 13.8. The second-order valence-corrected chi connectivity index (χ2v) is 6.82. The Morgan fingerprint density at radius 2 is 2.29 bits per heavy atom. The number of thiophene rings is 1. The number of carbonyl (C=O) groups is 1. The summed E-state index contributed by atoms with van der Waals surface area (Å²) >= 11 is 4.85. The first-order valence-corrected chi connectivity index (χ1v) is 8.38. The minimum Gasteiger partial charge on any atom is -0.317 e. The van der Waals surface area contributed by atoms with Crippen molar-refractivity contribution >= 4 is 39.0 Å². The van der Waals surface area contributed by atoms with Gasteiger partial charge >= 0.3 is 6.03 Å². The lowest BCUT2D eigenvalue weighted by Gasteiger charge is -2.24. The fourth-order valence-corrected chi connectivity index (χ4v) is 3.77. The van der Waals surface area contributed by atoms with Gasteiger partial charge in [-0.1, -0.05) is 22.0 Å². The highest BCUT2D eigenvalue weighted by Gasteiger charge is 2.30. The van der Waals surface area contributed by atoms with Gasteiger partial charge in [0.2, 0.25) is 0 Å². The molecule has 1 fully saturated rings. The second-order valence-electron chi connectivity index (χ2n) is 4.92. The first kappa shape index (κ1) is 14.5. The molecule has 0 spiro atoms. The molecule has 0 saturated carbocycles. The van der Waals surface area contributed by atoms with Crippen LogP contribution >= 0.6 is 27.3 Å². The van der Waals surface area contributed by atoms with Gasteiger partial charge in [0.25, 0.3) is 0 Å². The van der Waals surface area contributed by atoms with Crippen molar-refractivity contribution in [2.24, 2.45) is 0 Å². The first-order valence-electron chi connectivity index (χ1n) is 6.71. The van der Waals surface area contributed by atoms with Crippen LogP contribution in [0.1, 0.15) is 23.8 Å². The van der Waals surface area contributed by atoms with Crippen LogP contribution in [0.15, 0.2) is 40.2 Å². The number of hydrogen-bond acceptors (Lipinski definition) is 2. The molecule has 1 N–H and O–H groups in total. The topological polar surface area (TPSA) is 32.3 Å². The maximum Gasteiger partial charge on any atom is 0.322 e. The van der Waals surface area contributed by atoms with Crippen molar-refractivity contribution in [3.8, 4) is 0 Å². The Bertz CT molecular complexity index is 647. The Morgan fingerprint density at radius 1 is 1.43 bits per heavy atom. The van der Waals surface area contributed by atoms with Crippen LogP contribution < -0.4 is 5.32 Å². The van der Waals surface area contributed by atoms with Gasteiger partial charge in [-0.05, 0) is 42.5 Å². The fraction of sp³-hybridized carbons (Fsp3) is 0.267. The van der Waals surface area contributed by atoms with Crippen molar-refractivity contribution in [2.75, 3.05) is 11.9 Å². The average molecular weight is 369 g/mol. The molecule has 1 saturated heterocycles. The van der Waals surface area contributed by atoms with E-state index < -0.39 is 5.82 Å². The van der Waals surface area contributed by atoms with Crippen molar-refractivity contribution in [3.05, 3.63) is 50.9 Å². The Balaban J connectivity index is 1.75. The van der Waals surface area contributed by atoms with Crippen molar-refractivity contribution in [3.63, 3.8) is 0 Å². The molecule has 1 aromatic carbocycles. The molecule has 0 unspecified atom stereocenters. The van der Waals surface area contributed by atoms with Gasteiger partial charge in [-0.3, -0.25) is 0 Å². The summed E-state index contributed by atoms with van der Waals surface area (Å²) in [6.07, 6.45) is 1.93. The number of nitrogens with zero attached hydrogens (tertiary/aromatic N) is 1. The van der Waals surface area contributed by atoms with Gasteiger partial charge in [-0.25, -0.2) is 9.18 Å². The quantitative estimate of drug-likeness (QED) is 0.792. The van der Waals surface area contributed by atoms with E-state index in [9.17, 15) is 9.18 Å². The molecule has 0 bridgehead atoms. The predicted molar refractivity (Wildman–Crippen MR) is 86.1 cm³/mol. The molecule has 2 heterocycles. The van der Waals surface area contributed by atoms with E-state index in [2.05, 4.69) is 21.2 Å². The molecule has 2 amide bonds. The van der Waals surface area contributed by atoms with Crippen LogP contribution in [0.4, 0.5) is 14.9 Å². The highest BCUT2D eigenvalue weighted by Crippen LogP contribution is 2.35. The summed E-state index contributed by atoms with van der Waals surface area (Å²) < 4.78 is 14.5. The number of likely N-dealkylation sites (tertiary alicyclic amines) is 1. The molecule has 2 aromatic rings. The number of nitrogens with one attached hydrogen (secondary N) is 1. The molecule has 3 nitrogen and oxygen atoms in total. The molecular weight excluding hydrogens is 355 g/mol. The molecule has 0 aliphatic carbocycles. The molecule has 1 atom stereocenters. The number of halogens is 2. The molecule has 110 valence electrons. The molecule has 0 radical (unpaired) electrons. The van der Waals surface area contributed by atoms with Crippen molar-refractivity contribution in [1.29, 1.82) is 0 Å². The van der Waals surface area contributed by atoms with Crippen molar-refractivity contribution in [1.82, 2.24) is 4.90 Å². The second kappa shape index (κ2) is 6.15. The summed E-state index contributed by atoms with van der Waals surface area (Å²) in [5.41, 5.74) is 0.208. The van der Waals surface area contributed by atoms with Crippen LogP contribution in [0.2, 0.25) is 0 Å². The summed E-state index contributed by atoms with van der Waals surface area (Å²) in [6, 6.07) is 8.50. The van der Waals surface area contributed by atoms with Crippen LogP contribution in [0, 0.1) is 5.82 Å². The van der Waals surface area contributed by atoms with E-state index in [-0.39, 0.29) is 17.8 Å². The van der Waals surface area contributed by atoms with E-state index in [0.29, 0.717) is 11.0 Å². The smallest absolute Gasteiger partial charge is 0.317 e. The predicted octanol–water partition coefficient (Wildman–Crippen LogP) is 5.02. The number of hydrogen-bond donors (Lipinski definition) is 1. The Labute approximate surface area is 134 Å². The van der Waals surface area contributed by atoms with Crippen LogP contribution in [-0.2, 0) is 0 Å². The van der Waals surface area contributed by atoms with Gasteiger partial charge in [-0.15, -0.1) is 11.3 Å². The van der Waals surface area contributed by atoms with Gasteiger partial charge in [-0.2, -0.15) is 0 Å². The zero-order valence-corrected chi connectivity index (χ0v) is 13.6. The molecular formula is C15H14BrFN2OS. The Morgan fingerprint density at radius 3 is 3.00 bits per heavy atom. The summed E-state index contributed by atoms with van der Waals surface area (Å²) in [4.78, 5) is 15.4. The van der Waals surface area contributed by atoms with Gasteiger partial charge in [0.05, 0.1) is 11.7 Å². The van der Waals surface area contributed by atoms with Crippen molar-refractivity contribution in [2.45, 2.75) is 18.9 Å². The zero-order chi connectivity index (χ0) is 14.8. The maximum absolute atomic E-state index is 13.8. The zero-order valence-electron chi connectivity index (χ0n) is 11.2. The molecule has 1 aliphatic rings. The standard InChI is InChI=1S/C15H14BrFN2OS/c16-10-5-6-12(11(17)9-10)18-15(20)19-7-1-3-13(19)14-4-2-8-21-14/h2,4-6,8-9,13H,1,3,7H2,(H,18,20)/t13-/m0/s1. The minimum absolute atomic E-state index is 0.100. The summed E-state index contributed by atoms with van der Waals surface area (Å²) in [5.74, 6) is -0.440. The van der Waals surface area contributed by atoms with Gasteiger partial charge in [0.1, 0.15) is 5.82 Å². The van der Waals surface area contributed by atoms with Crippen LogP contribution in [0.25, 0.3) is 0 Å². The van der Waals surface area contributed by atoms with Crippen molar-refractivity contribution < 1.29 is 9.18 Å². The van der Waals surface area contributed by atoms with E-state index in [1.165, 1.54) is 10.9 Å². The van der Waals surface area contributed by atoms with E-state index in [1.54, 1.807) is 28.4 Å². The highest BCUT2D eigenvalue weighted by molar-refractivity contribution is 9.10. The summed E-state index contributed by atoms with van der Waals surface area (Å²) in [5, 5.41) is 4.68. The number of benzene rings is 1. The molecule has 6 heteroatoms. The lowest BCUT2D eigenvalue weighted by molar-refractivity contribution is 0.207. The molecule has 1 aromatic heterocycles. The Hall–Kier alpha value is -1.40. The third kappa shape index (κ3) is 3.11. The lowest BCUT2D eigenvalue weighted by Crippen LogP contribution is -2.34. The lowest BCUT2D eigenvalue weighted by atomic mass is 10.2. The SMILES string of the molecule is O=C(Nc1ccc(Br)cc1F)N1CCC[C@H]1c1cccs1. The molecule has 1 aliphatic heterocycles. The first-order chi connectivity index (χ1) is 10.1. The van der Waals surface area contributed by atoms with Crippen LogP contribution in [0.3, 0.4) is 0 Å². The highest BCUT2D eigenvalue weighted by atomic mass is 79.9. The monoisotopic (exact) mass is 368 g/mol. The number of urea groups is 1. The van der Waals surface area contributed by atoms with E-state index in [4.69, 9.17) is 0 Å². The average Bonchev–Trinajstić information content (AvgIpc) is 3.10. The van der Waals surface area contributed by atoms with Gasteiger partial charge in [0, 0.05) is 15.9 Å². The van der Waals surface area contributed by atoms with E-state index >= 15 is 0 Å². The third-order valence-corrected chi connectivity index (χ3v) is 5.02. The normalized spacial score (nSPS) is 18.0. The largest absolute Gasteiger partial charge is 0.322 e. The number of anilines is 1.